The number of benzene rings is 1. The fourth-order valence-corrected chi connectivity index (χ4v) is 2.30. The number of aryl methyl sites for hydroxylation is 1. The van der Waals surface area contributed by atoms with Crippen molar-refractivity contribution in [2.24, 2.45) is 0 Å². The fourth-order valence-electron chi connectivity index (χ4n) is 2.30. The molecule has 0 radical (unpaired) electrons. The molecule has 1 aliphatic rings. The molecule has 2 N–H and O–H groups in total. The standard InChI is InChI=1S/C13H12N6O4/c1-7-14-13-16-11(20)6-10(18(13)17-7)12(21)15-8-3-2-4-9(5-8)19(22)23/h2-5,10H,6H2,1H3,(H,15,21)(H,14,16,17,20)/t10-/m0/s1. The Hall–Kier alpha value is -3.30. The number of rotatable bonds is 3. The Kier molecular flexibility index (Phi) is 3.48. The van der Waals surface area contributed by atoms with Crippen LogP contribution in [0.2, 0.25) is 0 Å². The molecule has 0 aliphatic carbocycles. The second-order valence-electron chi connectivity index (χ2n) is 4.99. The van der Waals surface area contributed by atoms with Crippen LogP contribution in [0.15, 0.2) is 24.3 Å². The molecule has 10 nitrogen and oxygen atoms in total. The summed E-state index contributed by atoms with van der Waals surface area (Å²) in [5, 5.41) is 20.0. The van der Waals surface area contributed by atoms with E-state index in [9.17, 15) is 19.7 Å². The molecule has 0 bridgehead atoms. The zero-order valence-corrected chi connectivity index (χ0v) is 12.0. The van der Waals surface area contributed by atoms with E-state index in [-0.39, 0.29) is 29.7 Å². The number of carbonyl (C=O) groups is 2. The number of nitrogens with one attached hydrogen (secondary N) is 2. The summed E-state index contributed by atoms with van der Waals surface area (Å²) < 4.78 is 1.34. The minimum absolute atomic E-state index is 0.0867. The van der Waals surface area contributed by atoms with Crippen molar-refractivity contribution in [1.82, 2.24) is 14.8 Å². The lowest BCUT2D eigenvalue weighted by molar-refractivity contribution is -0.384. The lowest BCUT2D eigenvalue weighted by atomic mass is 10.1. The molecule has 2 amide bonds. The van der Waals surface area contributed by atoms with Crippen LogP contribution >= 0.6 is 0 Å². The molecule has 1 aromatic carbocycles. The average molecular weight is 316 g/mol. The van der Waals surface area contributed by atoms with E-state index in [0.29, 0.717) is 5.82 Å². The van der Waals surface area contributed by atoms with E-state index < -0.39 is 16.9 Å². The number of amides is 2. The summed E-state index contributed by atoms with van der Waals surface area (Å²) in [6.45, 7) is 1.65. The van der Waals surface area contributed by atoms with Crippen LogP contribution in [-0.2, 0) is 9.59 Å². The molecule has 0 unspecified atom stereocenters. The molecule has 0 spiro atoms. The predicted molar refractivity (Wildman–Crippen MR) is 78.8 cm³/mol. The number of hydrogen-bond acceptors (Lipinski definition) is 6. The van der Waals surface area contributed by atoms with Crippen molar-refractivity contribution in [2.75, 3.05) is 10.6 Å². The van der Waals surface area contributed by atoms with E-state index in [1.807, 2.05) is 0 Å². The first kappa shape index (κ1) is 14.6. The average Bonchev–Trinajstić information content (AvgIpc) is 2.86. The maximum Gasteiger partial charge on any atom is 0.271 e. The third-order valence-electron chi connectivity index (χ3n) is 3.29. The Morgan fingerprint density at radius 1 is 1.52 bits per heavy atom. The minimum atomic E-state index is -0.862. The van der Waals surface area contributed by atoms with E-state index >= 15 is 0 Å². The topological polar surface area (TPSA) is 132 Å². The summed E-state index contributed by atoms with van der Waals surface area (Å²) in [6, 6.07) is 4.70. The van der Waals surface area contributed by atoms with Crippen molar-refractivity contribution in [3.8, 4) is 0 Å². The molecular formula is C13H12N6O4. The van der Waals surface area contributed by atoms with E-state index in [0.717, 1.165) is 0 Å². The molecule has 0 saturated heterocycles. The smallest absolute Gasteiger partial charge is 0.271 e. The molecule has 2 heterocycles. The van der Waals surface area contributed by atoms with E-state index in [4.69, 9.17) is 0 Å². The number of aromatic nitrogens is 3. The first-order valence-electron chi connectivity index (χ1n) is 6.72. The summed E-state index contributed by atoms with van der Waals surface area (Å²) in [4.78, 5) is 38.3. The van der Waals surface area contributed by atoms with Crippen molar-refractivity contribution < 1.29 is 14.5 Å². The van der Waals surface area contributed by atoms with Crippen LogP contribution in [0.25, 0.3) is 0 Å². The largest absolute Gasteiger partial charge is 0.324 e. The van der Waals surface area contributed by atoms with Crippen molar-refractivity contribution in [1.29, 1.82) is 0 Å². The van der Waals surface area contributed by atoms with Gasteiger partial charge in [-0.15, -0.1) is 0 Å². The summed E-state index contributed by atoms with van der Waals surface area (Å²) in [6.07, 6.45) is -0.0867. The number of nitro benzene ring substituents is 1. The monoisotopic (exact) mass is 316 g/mol. The van der Waals surface area contributed by atoms with Crippen LogP contribution in [0.5, 0.6) is 0 Å². The van der Waals surface area contributed by atoms with E-state index in [1.54, 1.807) is 6.92 Å². The molecule has 3 rings (SSSR count). The lowest BCUT2D eigenvalue weighted by Gasteiger charge is -2.22. The Morgan fingerprint density at radius 2 is 2.30 bits per heavy atom. The van der Waals surface area contributed by atoms with Crippen LogP contribution in [0.3, 0.4) is 0 Å². The van der Waals surface area contributed by atoms with Crippen molar-refractivity contribution in [2.45, 2.75) is 19.4 Å². The molecular weight excluding hydrogens is 304 g/mol. The van der Waals surface area contributed by atoms with Gasteiger partial charge in [-0.3, -0.25) is 25.0 Å². The van der Waals surface area contributed by atoms with Crippen LogP contribution in [-0.4, -0.2) is 31.5 Å². The molecule has 1 atom stereocenters. The van der Waals surface area contributed by atoms with Gasteiger partial charge >= 0.3 is 0 Å². The van der Waals surface area contributed by atoms with Crippen LogP contribution in [0.1, 0.15) is 18.3 Å². The minimum Gasteiger partial charge on any atom is -0.324 e. The van der Waals surface area contributed by atoms with Gasteiger partial charge in [0.15, 0.2) is 0 Å². The third kappa shape index (κ3) is 2.86. The van der Waals surface area contributed by atoms with Gasteiger partial charge in [0.05, 0.1) is 11.3 Å². The zero-order chi connectivity index (χ0) is 16.6. The normalized spacial score (nSPS) is 16.4. The van der Waals surface area contributed by atoms with Gasteiger partial charge in [-0.2, -0.15) is 10.1 Å². The van der Waals surface area contributed by atoms with Gasteiger partial charge in [0, 0.05) is 17.8 Å². The Balaban J connectivity index is 1.85. The van der Waals surface area contributed by atoms with E-state index in [1.165, 1.54) is 28.9 Å². The van der Waals surface area contributed by atoms with Crippen molar-refractivity contribution in [3.05, 3.63) is 40.2 Å². The quantitative estimate of drug-likeness (QED) is 0.641. The Labute approximate surface area is 129 Å². The Bertz CT molecular complexity index is 815. The maximum atomic E-state index is 12.4. The highest BCUT2D eigenvalue weighted by Crippen LogP contribution is 2.25. The first-order chi connectivity index (χ1) is 10.9. The number of non-ortho nitro benzene ring substituents is 1. The number of anilines is 2. The van der Waals surface area contributed by atoms with Gasteiger partial charge < -0.3 is 5.32 Å². The number of nitro groups is 1. The number of hydrogen-bond donors (Lipinski definition) is 2. The van der Waals surface area contributed by atoms with Crippen LogP contribution < -0.4 is 10.6 Å². The summed E-state index contributed by atoms with van der Waals surface area (Å²) in [5.74, 6) is -0.205. The summed E-state index contributed by atoms with van der Waals surface area (Å²) >= 11 is 0. The van der Waals surface area contributed by atoms with Crippen LogP contribution in [0, 0.1) is 17.0 Å². The SMILES string of the molecule is Cc1nc2n(n1)[C@H](C(=O)Nc1cccc([N+](=O)[O-])c1)CC(=O)N2. The zero-order valence-electron chi connectivity index (χ0n) is 12.0. The van der Waals surface area contributed by atoms with Gasteiger partial charge in [-0.1, -0.05) is 6.07 Å². The highest BCUT2D eigenvalue weighted by atomic mass is 16.6. The maximum absolute atomic E-state index is 12.4. The van der Waals surface area contributed by atoms with Crippen molar-refractivity contribution >= 4 is 29.1 Å². The van der Waals surface area contributed by atoms with Gasteiger partial charge in [-0.25, -0.2) is 4.68 Å². The van der Waals surface area contributed by atoms with Gasteiger partial charge in [0.1, 0.15) is 11.9 Å². The fraction of sp³-hybridized carbons (Fsp3) is 0.231. The van der Waals surface area contributed by atoms with Gasteiger partial charge in [0.25, 0.3) is 5.69 Å². The molecule has 2 aromatic rings. The molecule has 118 valence electrons. The van der Waals surface area contributed by atoms with E-state index in [2.05, 4.69) is 20.7 Å². The number of carbonyl (C=O) groups excluding carboxylic acids is 2. The second-order valence-corrected chi connectivity index (χ2v) is 4.99. The lowest BCUT2D eigenvalue weighted by Crippen LogP contribution is -2.36. The molecule has 1 aromatic heterocycles. The number of nitrogens with zero attached hydrogens (tertiary/aromatic N) is 4. The number of fused-ring (bicyclic) bond motifs is 1. The summed E-state index contributed by atoms with van der Waals surface area (Å²) in [7, 11) is 0. The first-order valence-corrected chi connectivity index (χ1v) is 6.72. The molecule has 10 heteroatoms. The Morgan fingerprint density at radius 3 is 3.04 bits per heavy atom. The highest BCUT2D eigenvalue weighted by Gasteiger charge is 2.32. The highest BCUT2D eigenvalue weighted by molar-refractivity contribution is 6.00. The third-order valence-corrected chi connectivity index (χ3v) is 3.29. The van der Waals surface area contributed by atoms with Gasteiger partial charge in [0.2, 0.25) is 17.8 Å². The predicted octanol–water partition coefficient (Wildman–Crippen LogP) is 1.02. The second kappa shape index (κ2) is 5.48. The molecule has 1 aliphatic heterocycles. The van der Waals surface area contributed by atoms with Crippen LogP contribution in [0.4, 0.5) is 17.3 Å². The summed E-state index contributed by atoms with van der Waals surface area (Å²) in [5.41, 5.74) is 0.134. The molecule has 23 heavy (non-hydrogen) atoms. The molecule has 0 fully saturated rings. The van der Waals surface area contributed by atoms with Crippen molar-refractivity contribution in [3.63, 3.8) is 0 Å². The molecule has 0 saturated carbocycles. The van der Waals surface area contributed by atoms with Gasteiger partial charge in [-0.05, 0) is 13.0 Å².